The molecule has 18 heavy (non-hydrogen) atoms. The van der Waals surface area contributed by atoms with Crippen molar-refractivity contribution in [2.75, 3.05) is 21.1 Å². The van der Waals surface area contributed by atoms with Gasteiger partial charge in [-0.3, -0.25) is 0 Å². The molecule has 94 valence electrons. The summed E-state index contributed by atoms with van der Waals surface area (Å²) in [5, 5.41) is 8.67. The Balaban J connectivity index is 2.79. The van der Waals surface area contributed by atoms with Crippen molar-refractivity contribution >= 4 is 12.0 Å². The first-order chi connectivity index (χ1) is 8.58. The molecule has 4 heteroatoms. The summed E-state index contributed by atoms with van der Waals surface area (Å²) in [6.45, 7) is 4.43. The summed E-state index contributed by atoms with van der Waals surface area (Å²) in [5.41, 5.74) is 2.26. The van der Waals surface area contributed by atoms with Gasteiger partial charge < -0.3 is 9.80 Å². The molecule has 0 aliphatic carbocycles. The first-order valence-corrected chi connectivity index (χ1v) is 5.65. The highest BCUT2D eigenvalue weighted by Gasteiger charge is 2.09. The smallest absolute Gasteiger partial charge is 0.212 e. The first kappa shape index (κ1) is 13.8. The zero-order chi connectivity index (χ0) is 13.5. The lowest BCUT2D eigenvalue weighted by molar-refractivity contribution is 0.420. The van der Waals surface area contributed by atoms with Crippen LogP contribution in [0.25, 0.3) is 6.08 Å². The van der Waals surface area contributed by atoms with Crippen molar-refractivity contribution in [2.45, 2.75) is 6.54 Å². The third-order valence-electron chi connectivity index (χ3n) is 2.53. The van der Waals surface area contributed by atoms with E-state index in [1.165, 1.54) is 0 Å². The zero-order valence-electron chi connectivity index (χ0n) is 11.1. The number of guanidine groups is 1. The van der Waals surface area contributed by atoms with E-state index in [0.717, 1.165) is 11.1 Å². The first-order valence-electron chi connectivity index (χ1n) is 5.65. The van der Waals surface area contributed by atoms with E-state index in [2.05, 4.69) is 11.6 Å². The van der Waals surface area contributed by atoms with Gasteiger partial charge in [-0.1, -0.05) is 36.9 Å². The fraction of sp³-hybridized carbons (Fsp3) is 0.286. The molecule has 0 saturated carbocycles. The van der Waals surface area contributed by atoms with Crippen LogP contribution in [0.2, 0.25) is 0 Å². The average molecular weight is 242 g/mol. The predicted octanol–water partition coefficient (Wildman–Crippen LogP) is 2.16. The lowest BCUT2D eigenvalue weighted by Gasteiger charge is -2.25. The highest BCUT2D eigenvalue weighted by Crippen LogP contribution is 2.08. The van der Waals surface area contributed by atoms with E-state index in [0.29, 0.717) is 12.5 Å². The van der Waals surface area contributed by atoms with E-state index >= 15 is 0 Å². The van der Waals surface area contributed by atoms with E-state index in [9.17, 15) is 0 Å². The van der Waals surface area contributed by atoms with Gasteiger partial charge in [0, 0.05) is 27.7 Å². The Kier molecular flexibility index (Phi) is 4.94. The van der Waals surface area contributed by atoms with E-state index in [1.807, 2.05) is 67.5 Å². The largest absolute Gasteiger partial charge is 0.348 e. The molecular formula is C14H18N4. The van der Waals surface area contributed by atoms with Gasteiger partial charge in [-0.05, 0) is 11.1 Å². The van der Waals surface area contributed by atoms with Crippen LogP contribution in [0.4, 0.5) is 0 Å². The second-order valence-electron chi connectivity index (χ2n) is 4.21. The number of aliphatic imine (C=N–C) groups is 1. The fourth-order valence-electron chi connectivity index (χ4n) is 1.68. The van der Waals surface area contributed by atoms with Crippen molar-refractivity contribution in [1.29, 1.82) is 5.26 Å². The third kappa shape index (κ3) is 3.63. The summed E-state index contributed by atoms with van der Waals surface area (Å²) >= 11 is 0. The zero-order valence-corrected chi connectivity index (χ0v) is 11.1. The molecule has 0 bridgehead atoms. The van der Waals surface area contributed by atoms with Gasteiger partial charge in [0.2, 0.25) is 12.2 Å². The fourth-order valence-corrected chi connectivity index (χ4v) is 1.68. The molecule has 0 atom stereocenters. The summed E-state index contributed by atoms with van der Waals surface area (Å²) in [6.07, 6.45) is 3.64. The summed E-state index contributed by atoms with van der Waals surface area (Å²) in [5.74, 6) is 0.644. The van der Waals surface area contributed by atoms with Crippen molar-refractivity contribution in [1.82, 2.24) is 9.80 Å². The predicted molar refractivity (Wildman–Crippen MR) is 74.7 cm³/mol. The normalized spacial score (nSPS) is 10.7. The summed E-state index contributed by atoms with van der Waals surface area (Å²) in [4.78, 5) is 7.57. The maximum absolute atomic E-state index is 8.67. The molecule has 0 fully saturated rings. The quantitative estimate of drug-likeness (QED) is 0.463. The number of nitriles is 1. The third-order valence-corrected chi connectivity index (χ3v) is 2.53. The molecule has 0 radical (unpaired) electrons. The molecule has 0 spiro atoms. The van der Waals surface area contributed by atoms with E-state index < -0.39 is 0 Å². The minimum absolute atomic E-state index is 0.644. The molecule has 0 heterocycles. The Morgan fingerprint density at radius 2 is 1.94 bits per heavy atom. The number of rotatable bonds is 3. The van der Waals surface area contributed by atoms with Crippen molar-refractivity contribution < 1.29 is 0 Å². The van der Waals surface area contributed by atoms with Crippen LogP contribution in [-0.4, -0.2) is 36.9 Å². The Labute approximate surface area is 108 Å². The molecular weight excluding hydrogens is 224 g/mol. The average Bonchev–Trinajstić information content (AvgIpc) is 2.36. The Bertz CT molecular complexity index is 466. The summed E-state index contributed by atoms with van der Waals surface area (Å²) in [7, 11) is 5.65. The lowest BCUT2D eigenvalue weighted by Crippen LogP contribution is -2.37. The number of hydrogen-bond donors (Lipinski definition) is 0. The van der Waals surface area contributed by atoms with Crippen LogP contribution in [0.15, 0.2) is 35.8 Å². The van der Waals surface area contributed by atoms with Crippen molar-refractivity contribution in [2.24, 2.45) is 4.99 Å². The van der Waals surface area contributed by atoms with Crippen molar-refractivity contribution in [3.05, 3.63) is 42.0 Å². The van der Waals surface area contributed by atoms with Gasteiger partial charge >= 0.3 is 0 Å². The van der Waals surface area contributed by atoms with Gasteiger partial charge in [-0.2, -0.15) is 5.26 Å². The van der Waals surface area contributed by atoms with Crippen LogP contribution in [0, 0.1) is 11.5 Å². The van der Waals surface area contributed by atoms with Gasteiger partial charge in [-0.15, -0.1) is 4.99 Å². The second-order valence-corrected chi connectivity index (χ2v) is 4.21. The van der Waals surface area contributed by atoms with Gasteiger partial charge in [0.05, 0.1) is 0 Å². The molecule has 0 aromatic heterocycles. The lowest BCUT2D eigenvalue weighted by atomic mass is 10.1. The molecule has 0 N–H and O–H groups in total. The van der Waals surface area contributed by atoms with Gasteiger partial charge in [-0.25, -0.2) is 0 Å². The highest BCUT2D eigenvalue weighted by molar-refractivity contribution is 5.80. The molecule has 0 unspecified atom stereocenters. The molecule has 0 aliphatic heterocycles. The molecule has 1 aromatic rings. The number of hydrogen-bond acceptors (Lipinski definition) is 2. The molecule has 0 aliphatic rings. The monoisotopic (exact) mass is 242 g/mol. The molecule has 0 amide bonds. The topological polar surface area (TPSA) is 42.6 Å². The summed E-state index contributed by atoms with van der Waals surface area (Å²) in [6, 6.07) is 8.14. The van der Waals surface area contributed by atoms with Crippen LogP contribution in [0.5, 0.6) is 0 Å². The molecule has 1 aromatic carbocycles. The van der Waals surface area contributed by atoms with Crippen molar-refractivity contribution in [3.8, 4) is 6.19 Å². The van der Waals surface area contributed by atoms with Crippen LogP contribution in [0.1, 0.15) is 11.1 Å². The minimum atomic E-state index is 0.644. The number of benzene rings is 1. The van der Waals surface area contributed by atoms with Gasteiger partial charge in [0.15, 0.2) is 0 Å². The van der Waals surface area contributed by atoms with E-state index in [1.54, 1.807) is 0 Å². The minimum Gasteiger partial charge on any atom is -0.348 e. The van der Waals surface area contributed by atoms with E-state index in [-0.39, 0.29) is 0 Å². The van der Waals surface area contributed by atoms with Crippen molar-refractivity contribution in [3.63, 3.8) is 0 Å². The standard InChI is InChI=1S/C14H18N4/c1-5-12-6-8-13(9-7-12)10-18(4)14(16-11-15)17(2)3/h5-9H,1,10H2,2-4H3. The maximum atomic E-state index is 8.67. The highest BCUT2D eigenvalue weighted by atomic mass is 15.3. The van der Waals surface area contributed by atoms with Crippen LogP contribution in [-0.2, 0) is 6.54 Å². The Morgan fingerprint density at radius 1 is 1.33 bits per heavy atom. The van der Waals surface area contributed by atoms with Gasteiger partial charge in [0.25, 0.3) is 0 Å². The Morgan fingerprint density at radius 3 is 2.39 bits per heavy atom. The molecule has 4 nitrogen and oxygen atoms in total. The molecule has 0 saturated heterocycles. The van der Waals surface area contributed by atoms with Crippen LogP contribution < -0.4 is 0 Å². The number of nitrogens with zero attached hydrogens (tertiary/aromatic N) is 4. The maximum Gasteiger partial charge on any atom is 0.212 e. The summed E-state index contributed by atoms with van der Waals surface area (Å²) < 4.78 is 0. The Hall–Kier alpha value is -2.28. The van der Waals surface area contributed by atoms with Crippen LogP contribution >= 0.6 is 0 Å². The van der Waals surface area contributed by atoms with Gasteiger partial charge in [0.1, 0.15) is 0 Å². The van der Waals surface area contributed by atoms with E-state index in [4.69, 9.17) is 5.26 Å². The second kappa shape index (κ2) is 6.45. The SMILES string of the molecule is C=Cc1ccc(CN(C)C(=NC#N)N(C)C)cc1. The van der Waals surface area contributed by atoms with Crippen LogP contribution in [0.3, 0.4) is 0 Å². The molecule has 1 rings (SSSR count).